The number of hydrogen-bond acceptors (Lipinski definition) is 4. The summed E-state index contributed by atoms with van der Waals surface area (Å²) in [6.07, 6.45) is -0.153. The molecule has 0 bridgehead atoms. The second-order valence-electron chi connectivity index (χ2n) is 7.66. The highest BCUT2D eigenvalue weighted by molar-refractivity contribution is 7.99. The first-order valence-corrected chi connectivity index (χ1v) is 9.80. The number of benzene rings is 2. The number of rotatable bonds is 2. The Bertz CT molecular complexity index is 954. The largest absolute Gasteiger partial charge is 0.456 e. The van der Waals surface area contributed by atoms with Crippen molar-refractivity contribution in [3.63, 3.8) is 0 Å². The Morgan fingerprint density at radius 2 is 1.88 bits per heavy atom. The van der Waals surface area contributed by atoms with Crippen LogP contribution in [0.3, 0.4) is 0 Å². The van der Waals surface area contributed by atoms with Crippen LogP contribution in [-0.4, -0.2) is 27.4 Å². The van der Waals surface area contributed by atoms with Crippen molar-refractivity contribution < 1.29 is 9.53 Å². The van der Waals surface area contributed by atoms with Gasteiger partial charge in [0.05, 0.1) is 23.1 Å². The van der Waals surface area contributed by atoms with E-state index in [0.717, 1.165) is 21.9 Å². The lowest BCUT2D eigenvalue weighted by molar-refractivity contribution is 0.0306. The Balaban J connectivity index is 1.49. The molecular weight excluding hydrogens is 344 g/mol. The fourth-order valence-corrected chi connectivity index (χ4v) is 4.16. The molecule has 4 nitrogen and oxygen atoms in total. The first kappa shape index (κ1) is 17.2. The number of nitrogens with zero attached hydrogens (tertiary/aromatic N) is 2. The van der Waals surface area contributed by atoms with Gasteiger partial charge in [-0.15, -0.1) is 0 Å². The molecule has 5 heteroatoms. The second kappa shape index (κ2) is 6.47. The fourth-order valence-electron chi connectivity index (χ4n) is 3.16. The van der Waals surface area contributed by atoms with Gasteiger partial charge in [0.15, 0.2) is 5.16 Å². The lowest BCUT2D eigenvalue weighted by Gasteiger charge is -2.24. The summed E-state index contributed by atoms with van der Waals surface area (Å²) < 4.78 is 7.91. The maximum atomic E-state index is 12.5. The molecule has 3 aromatic rings. The molecular formula is C21H22N2O2S. The second-order valence-corrected chi connectivity index (χ2v) is 8.65. The Hall–Kier alpha value is -2.27. The number of imidazole rings is 1. The van der Waals surface area contributed by atoms with Crippen molar-refractivity contribution >= 4 is 28.8 Å². The quantitative estimate of drug-likeness (QED) is 0.619. The summed E-state index contributed by atoms with van der Waals surface area (Å²) >= 11 is 1.64. The molecule has 0 N–H and O–H groups in total. The maximum Gasteiger partial charge on any atom is 0.338 e. The molecule has 4 rings (SSSR count). The normalized spacial score (nSPS) is 17.1. The highest BCUT2D eigenvalue weighted by Gasteiger charge is 2.25. The van der Waals surface area contributed by atoms with Gasteiger partial charge in [0.25, 0.3) is 0 Å². The Labute approximate surface area is 157 Å². The van der Waals surface area contributed by atoms with Gasteiger partial charge in [0.1, 0.15) is 6.10 Å². The van der Waals surface area contributed by atoms with Crippen molar-refractivity contribution in [1.29, 1.82) is 0 Å². The highest BCUT2D eigenvalue weighted by Crippen LogP contribution is 2.30. The summed E-state index contributed by atoms with van der Waals surface area (Å²) in [4.78, 5) is 17.2. The van der Waals surface area contributed by atoms with Gasteiger partial charge in [-0.3, -0.25) is 0 Å². The molecule has 0 saturated heterocycles. The molecule has 0 spiro atoms. The third kappa shape index (κ3) is 3.23. The highest BCUT2D eigenvalue weighted by atomic mass is 32.2. The SMILES string of the molecule is CC(C)(C)c1ccc(C(=O)OC2CSc3nc4ccccc4n3C2)cc1. The minimum absolute atomic E-state index is 0.0708. The van der Waals surface area contributed by atoms with Gasteiger partial charge in [-0.25, -0.2) is 9.78 Å². The molecule has 1 aromatic heterocycles. The molecule has 0 saturated carbocycles. The van der Waals surface area contributed by atoms with Crippen LogP contribution in [0.15, 0.2) is 53.7 Å². The molecule has 0 radical (unpaired) electrons. The number of ether oxygens (including phenoxy) is 1. The zero-order valence-electron chi connectivity index (χ0n) is 15.2. The van der Waals surface area contributed by atoms with Crippen molar-refractivity contribution in [2.24, 2.45) is 0 Å². The topological polar surface area (TPSA) is 44.1 Å². The lowest BCUT2D eigenvalue weighted by atomic mass is 9.87. The first-order valence-electron chi connectivity index (χ1n) is 8.81. The van der Waals surface area contributed by atoms with Crippen LogP contribution in [0.5, 0.6) is 0 Å². The van der Waals surface area contributed by atoms with Crippen LogP contribution in [0.4, 0.5) is 0 Å². The van der Waals surface area contributed by atoms with Gasteiger partial charge in [0.2, 0.25) is 0 Å². The van der Waals surface area contributed by atoms with Gasteiger partial charge in [0, 0.05) is 5.75 Å². The molecule has 134 valence electrons. The molecule has 2 aromatic carbocycles. The zero-order chi connectivity index (χ0) is 18.3. The molecule has 1 unspecified atom stereocenters. The van der Waals surface area contributed by atoms with Crippen LogP contribution in [0.1, 0.15) is 36.7 Å². The van der Waals surface area contributed by atoms with Crippen LogP contribution in [0.25, 0.3) is 11.0 Å². The number of fused-ring (bicyclic) bond motifs is 3. The van der Waals surface area contributed by atoms with Gasteiger partial charge >= 0.3 is 5.97 Å². The van der Waals surface area contributed by atoms with E-state index in [1.54, 1.807) is 11.8 Å². The molecule has 1 atom stereocenters. The van der Waals surface area contributed by atoms with Crippen LogP contribution in [0.2, 0.25) is 0 Å². The van der Waals surface area contributed by atoms with E-state index in [0.29, 0.717) is 12.1 Å². The summed E-state index contributed by atoms with van der Waals surface area (Å²) in [6, 6.07) is 15.8. The number of carbonyl (C=O) groups excluding carboxylic acids is 1. The summed E-state index contributed by atoms with van der Waals surface area (Å²) in [5.41, 5.74) is 3.95. The van der Waals surface area contributed by atoms with Crippen molar-refractivity contribution in [2.45, 2.75) is 44.0 Å². The number of para-hydroxylation sites is 2. The summed E-state index contributed by atoms with van der Waals surface area (Å²) in [5.74, 6) is 0.471. The Morgan fingerprint density at radius 3 is 2.62 bits per heavy atom. The monoisotopic (exact) mass is 366 g/mol. The molecule has 1 aliphatic rings. The number of esters is 1. The van der Waals surface area contributed by atoms with Crippen molar-refractivity contribution in [2.75, 3.05) is 5.75 Å². The van der Waals surface area contributed by atoms with E-state index in [9.17, 15) is 4.79 Å². The van der Waals surface area contributed by atoms with Crippen molar-refractivity contribution in [3.8, 4) is 0 Å². The van der Waals surface area contributed by atoms with E-state index in [1.807, 2.05) is 42.5 Å². The third-order valence-corrected chi connectivity index (χ3v) is 5.77. The van der Waals surface area contributed by atoms with E-state index in [2.05, 4.69) is 36.4 Å². The molecule has 1 aliphatic heterocycles. The Kier molecular flexibility index (Phi) is 4.27. The van der Waals surface area contributed by atoms with Crippen LogP contribution in [-0.2, 0) is 16.7 Å². The number of aromatic nitrogens is 2. The van der Waals surface area contributed by atoms with E-state index in [-0.39, 0.29) is 17.5 Å². The lowest BCUT2D eigenvalue weighted by Crippen LogP contribution is -2.29. The zero-order valence-corrected chi connectivity index (χ0v) is 16.0. The molecule has 0 aliphatic carbocycles. The fraction of sp³-hybridized carbons (Fsp3) is 0.333. The van der Waals surface area contributed by atoms with E-state index < -0.39 is 0 Å². The standard InChI is InChI=1S/C21H22N2O2S/c1-21(2,3)15-10-8-14(9-11-15)19(24)25-16-12-23-18-7-5-4-6-17(18)22-20(23)26-13-16/h4-11,16H,12-13H2,1-3H3. The maximum absolute atomic E-state index is 12.5. The van der Waals surface area contributed by atoms with Crippen molar-refractivity contribution in [3.05, 3.63) is 59.7 Å². The average molecular weight is 366 g/mol. The van der Waals surface area contributed by atoms with Crippen LogP contribution in [0, 0.1) is 0 Å². The van der Waals surface area contributed by atoms with Gasteiger partial charge in [-0.1, -0.05) is 56.8 Å². The smallest absolute Gasteiger partial charge is 0.338 e. The van der Waals surface area contributed by atoms with Gasteiger partial charge in [-0.2, -0.15) is 0 Å². The van der Waals surface area contributed by atoms with Crippen LogP contribution >= 0.6 is 11.8 Å². The molecule has 26 heavy (non-hydrogen) atoms. The van der Waals surface area contributed by atoms with E-state index in [4.69, 9.17) is 4.74 Å². The minimum atomic E-state index is -0.260. The first-order chi connectivity index (χ1) is 12.4. The number of carbonyl (C=O) groups is 1. The van der Waals surface area contributed by atoms with Crippen LogP contribution < -0.4 is 0 Å². The predicted octanol–water partition coefficient (Wildman–Crippen LogP) is 4.67. The molecule has 2 heterocycles. The minimum Gasteiger partial charge on any atom is -0.456 e. The molecule has 0 amide bonds. The summed E-state index contributed by atoms with van der Waals surface area (Å²) in [5, 5.41) is 0.994. The van der Waals surface area contributed by atoms with E-state index in [1.165, 1.54) is 5.56 Å². The predicted molar refractivity (Wildman–Crippen MR) is 105 cm³/mol. The number of hydrogen-bond donors (Lipinski definition) is 0. The molecule has 0 fully saturated rings. The Morgan fingerprint density at radius 1 is 1.15 bits per heavy atom. The average Bonchev–Trinajstić information content (AvgIpc) is 2.99. The summed E-state index contributed by atoms with van der Waals surface area (Å²) in [6.45, 7) is 7.13. The third-order valence-electron chi connectivity index (χ3n) is 4.66. The van der Waals surface area contributed by atoms with Gasteiger partial charge in [-0.05, 0) is 35.2 Å². The number of thioether (sulfide) groups is 1. The van der Waals surface area contributed by atoms with Crippen molar-refractivity contribution in [1.82, 2.24) is 9.55 Å². The van der Waals surface area contributed by atoms with Gasteiger partial charge < -0.3 is 9.30 Å². The summed E-state index contributed by atoms with van der Waals surface area (Å²) in [7, 11) is 0. The van der Waals surface area contributed by atoms with E-state index >= 15 is 0 Å².